The molecule has 0 spiro atoms. The van der Waals surface area contributed by atoms with Gasteiger partial charge in [-0.15, -0.1) is 0 Å². The zero-order valence-electron chi connectivity index (χ0n) is 7.34. The van der Waals surface area contributed by atoms with Crippen LogP contribution in [0.15, 0.2) is 23.3 Å². The topological polar surface area (TPSA) is 37.3 Å². The van der Waals surface area contributed by atoms with Gasteiger partial charge in [0.15, 0.2) is 0 Å². The van der Waals surface area contributed by atoms with Crippen LogP contribution in [0.25, 0.3) is 0 Å². The molecule has 0 atom stereocenters. The van der Waals surface area contributed by atoms with E-state index in [1.165, 1.54) is 5.57 Å². The SMILES string of the molecule is CCCC1=CC=C(C(=O)O)CC1. The van der Waals surface area contributed by atoms with Gasteiger partial charge in [-0.1, -0.05) is 31.1 Å². The summed E-state index contributed by atoms with van der Waals surface area (Å²) in [6.07, 6.45) is 7.55. The van der Waals surface area contributed by atoms with Gasteiger partial charge in [-0.3, -0.25) is 0 Å². The molecule has 2 nitrogen and oxygen atoms in total. The zero-order valence-corrected chi connectivity index (χ0v) is 7.34. The molecule has 0 aromatic carbocycles. The van der Waals surface area contributed by atoms with Crippen LogP contribution < -0.4 is 0 Å². The number of hydrogen-bond acceptors (Lipinski definition) is 1. The van der Waals surface area contributed by atoms with Crippen LogP contribution in [0, 0.1) is 0 Å². The van der Waals surface area contributed by atoms with Crippen molar-refractivity contribution in [2.24, 2.45) is 0 Å². The van der Waals surface area contributed by atoms with E-state index in [0.29, 0.717) is 12.0 Å². The van der Waals surface area contributed by atoms with Crippen molar-refractivity contribution in [3.05, 3.63) is 23.3 Å². The maximum Gasteiger partial charge on any atom is 0.331 e. The highest BCUT2D eigenvalue weighted by Crippen LogP contribution is 2.21. The molecule has 66 valence electrons. The summed E-state index contributed by atoms with van der Waals surface area (Å²) in [5.74, 6) is -0.776. The summed E-state index contributed by atoms with van der Waals surface area (Å²) in [6.45, 7) is 2.14. The Labute approximate surface area is 72.6 Å². The van der Waals surface area contributed by atoms with Gasteiger partial charge >= 0.3 is 5.97 Å². The highest BCUT2D eigenvalue weighted by molar-refractivity contribution is 5.87. The molecule has 0 saturated carbocycles. The maximum atomic E-state index is 10.5. The van der Waals surface area contributed by atoms with Gasteiger partial charge in [0.1, 0.15) is 0 Å². The molecule has 0 aromatic rings. The Bertz CT molecular complexity index is 236. The Morgan fingerprint density at radius 1 is 1.50 bits per heavy atom. The van der Waals surface area contributed by atoms with Crippen LogP contribution in [-0.2, 0) is 4.79 Å². The third kappa shape index (κ3) is 2.22. The standard InChI is InChI=1S/C10H14O2/c1-2-3-8-4-6-9(7-5-8)10(11)12/h4,6H,2-3,5,7H2,1H3,(H,11,12). The molecule has 1 aliphatic carbocycles. The summed E-state index contributed by atoms with van der Waals surface area (Å²) >= 11 is 0. The fourth-order valence-electron chi connectivity index (χ4n) is 1.39. The third-order valence-corrected chi connectivity index (χ3v) is 2.08. The Morgan fingerprint density at radius 3 is 2.67 bits per heavy atom. The zero-order chi connectivity index (χ0) is 8.97. The molecule has 0 saturated heterocycles. The molecule has 0 bridgehead atoms. The van der Waals surface area contributed by atoms with E-state index in [0.717, 1.165) is 19.3 Å². The second-order valence-electron chi connectivity index (χ2n) is 3.07. The molecule has 12 heavy (non-hydrogen) atoms. The van der Waals surface area contributed by atoms with Gasteiger partial charge in [-0.25, -0.2) is 4.79 Å². The molecule has 0 aromatic heterocycles. The van der Waals surface area contributed by atoms with Gasteiger partial charge in [-0.2, -0.15) is 0 Å². The van der Waals surface area contributed by atoms with Gasteiger partial charge in [0, 0.05) is 5.57 Å². The van der Waals surface area contributed by atoms with Crippen molar-refractivity contribution in [2.45, 2.75) is 32.6 Å². The lowest BCUT2D eigenvalue weighted by Gasteiger charge is -2.10. The molecule has 0 amide bonds. The fraction of sp³-hybridized carbons (Fsp3) is 0.500. The highest BCUT2D eigenvalue weighted by atomic mass is 16.4. The Morgan fingerprint density at radius 2 is 2.25 bits per heavy atom. The lowest BCUT2D eigenvalue weighted by molar-refractivity contribution is -0.132. The van der Waals surface area contributed by atoms with E-state index in [-0.39, 0.29) is 0 Å². The first kappa shape index (κ1) is 9.04. The molecule has 0 fully saturated rings. The fourth-order valence-corrected chi connectivity index (χ4v) is 1.39. The molecule has 1 rings (SSSR count). The van der Waals surface area contributed by atoms with E-state index in [1.54, 1.807) is 6.08 Å². The van der Waals surface area contributed by atoms with E-state index < -0.39 is 5.97 Å². The summed E-state index contributed by atoms with van der Waals surface area (Å²) in [4.78, 5) is 10.5. The van der Waals surface area contributed by atoms with Crippen LogP contribution in [0.5, 0.6) is 0 Å². The summed E-state index contributed by atoms with van der Waals surface area (Å²) in [6, 6.07) is 0. The Hall–Kier alpha value is -1.05. The minimum atomic E-state index is -0.776. The summed E-state index contributed by atoms with van der Waals surface area (Å²) in [5, 5.41) is 8.66. The van der Waals surface area contributed by atoms with Crippen LogP contribution in [0.4, 0.5) is 0 Å². The lowest BCUT2D eigenvalue weighted by atomic mass is 9.96. The van der Waals surface area contributed by atoms with Crippen LogP contribution in [0.1, 0.15) is 32.6 Å². The first-order chi connectivity index (χ1) is 5.74. The van der Waals surface area contributed by atoms with Crippen molar-refractivity contribution in [3.63, 3.8) is 0 Å². The smallest absolute Gasteiger partial charge is 0.331 e. The molecular formula is C10H14O2. The number of aliphatic carboxylic acids is 1. The second-order valence-corrected chi connectivity index (χ2v) is 3.07. The summed E-state index contributed by atoms with van der Waals surface area (Å²) < 4.78 is 0. The first-order valence-electron chi connectivity index (χ1n) is 4.36. The average Bonchev–Trinajstić information content (AvgIpc) is 2.06. The van der Waals surface area contributed by atoms with Crippen molar-refractivity contribution in [2.75, 3.05) is 0 Å². The van der Waals surface area contributed by atoms with Gasteiger partial charge < -0.3 is 5.11 Å². The largest absolute Gasteiger partial charge is 0.478 e. The van der Waals surface area contributed by atoms with Gasteiger partial charge in [0.2, 0.25) is 0 Å². The van der Waals surface area contributed by atoms with Gasteiger partial charge in [-0.05, 0) is 19.3 Å². The number of carbonyl (C=O) groups is 1. The summed E-state index contributed by atoms with van der Waals surface area (Å²) in [5.41, 5.74) is 1.91. The number of allylic oxidation sites excluding steroid dienone is 3. The first-order valence-corrected chi connectivity index (χ1v) is 4.36. The van der Waals surface area contributed by atoms with Crippen molar-refractivity contribution >= 4 is 5.97 Å². The number of carboxylic acid groups (broad SMARTS) is 1. The Balaban J connectivity index is 2.60. The van der Waals surface area contributed by atoms with Crippen molar-refractivity contribution in [1.82, 2.24) is 0 Å². The molecule has 1 aliphatic rings. The monoisotopic (exact) mass is 166 g/mol. The molecule has 0 unspecified atom stereocenters. The van der Waals surface area contributed by atoms with Crippen molar-refractivity contribution in [3.8, 4) is 0 Å². The second kappa shape index (κ2) is 4.10. The Kier molecular flexibility index (Phi) is 3.09. The molecule has 0 heterocycles. The van der Waals surface area contributed by atoms with E-state index in [4.69, 9.17) is 5.11 Å². The maximum absolute atomic E-state index is 10.5. The van der Waals surface area contributed by atoms with Crippen LogP contribution in [-0.4, -0.2) is 11.1 Å². The van der Waals surface area contributed by atoms with Crippen molar-refractivity contribution < 1.29 is 9.90 Å². The summed E-state index contributed by atoms with van der Waals surface area (Å²) in [7, 11) is 0. The lowest BCUT2D eigenvalue weighted by Crippen LogP contribution is -2.03. The van der Waals surface area contributed by atoms with Crippen LogP contribution >= 0.6 is 0 Å². The predicted octanol–water partition coefficient (Wildman–Crippen LogP) is 2.52. The van der Waals surface area contributed by atoms with Crippen molar-refractivity contribution in [1.29, 1.82) is 0 Å². The van der Waals surface area contributed by atoms with E-state index >= 15 is 0 Å². The molecule has 2 heteroatoms. The van der Waals surface area contributed by atoms with Crippen LogP contribution in [0.2, 0.25) is 0 Å². The van der Waals surface area contributed by atoms with Gasteiger partial charge in [0.25, 0.3) is 0 Å². The minimum Gasteiger partial charge on any atom is -0.478 e. The average molecular weight is 166 g/mol. The number of carboxylic acids is 1. The number of rotatable bonds is 3. The predicted molar refractivity (Wildman–Crippen MR) is 47.9 cm³/mol. The molecule has 0 radical (unpaired) electrons. The number of hydrogen-bond donors (Lipinski definition) is 1. The molecule has 0 aliphatic heterocycles. The molecular weight excluding hydrogens is 152 g/mol. The quantitative estimate of drug-likeness (QED) is 0.699. The van der Waals surface area contributed by atoms with Gasteiger partial charge in [0.05, 0.1) is 0 Å². The van der Waals surface area contributed by atoms with Crippen LogP contribution in [0.3, 0.4) is 0 Å². The molecule has 1 N–H and O–H groups in total. The minimum absolute atomic E-state index is 0.537. The highest BCUT2D eigenvalue weighted by Gasteiger charge is 2.10. The van der Waals surface area contributed by atoms with E-state index in [9.17, 15) is 4.79 Å². The normalized spacial score (nSPS) is 16.8. The van der Waals surface area contributed by atoms with E-state index in [2.05, 4.69) is 6.92 Å². The third-order valence-electron chi connectivity index (χ3n) is 2.08. The van der Waals surface area contributed by atoms with E-state index in [1.807, 2.05) is 6.08 Å².